The van der Waals surface area contributed by atoms with Crippen LogP contribution in [0.25, 0.3) is 6.08 Å². The van der Waals surface area contributed by atoms with Crippen molar-refractivity contribution in [3.8, 4) is 0 Å². The maximum absolute atomic E-state index is 11.5. The molecular weight excluding hydrogens is 380 g/mol. The average molecular weight is 419 g/mol. The molecule has 31 heavy (non-hydrogen) atoms. The fourth-order valence-electron chi connectivity index (χ4n) is 8.17. The molecule has 2 nitrogen and oxygen atoms in total. The van der Waals surface area contributed by atoms with Gasteiger partial charge in [-0.05, 0) is 97.0 Å². The zero-order valence-corrected chi connectivity index (χ0v) is 19.5. The van der Waals surface area contributed by atoms with Crippen LogP contribution in [-0.4, -0.2) is 12.1 Å². The van der Waals surface area contributed by atoms with E-state index in [0.717, 1.165) is 36.5 Å². The zero-order chi connectivity index (χ0) is 21.6. The lowest BCUT2D eigenvalue weighted by atomic mass is 9.44. The molecule has 0 aromatic heterocycles. The van der Waals surface area contributed by atoms with E-state index in [9.17, 15) is 4.79 Å². The van der Waals surface area contributed by atoms with Crippen LogP contribution in [0.1, 0.15) is 77.7 Å². The number of esters is 1. The van der Waals surface area contributed by atoms with Crippen molar-refractivity contribution < 1.29 is 9.53 Å². The molecule has 5 rings (SSSR count). The monoisotopic (exact) mass is 418 g/mol. The smallest absolute Gasteiger partial charge is 0.302 e. The zero-order valence-electron chi connectivity index (χ0n) is 19.5. The van der Waals surface area contributed by atoms with Gasteiger partial charge in [0.25, 0.3) is 0 Å². The Labute approximate surface area is 188 Å². The summed E-state index contributed by atoms with van der Waals surface area (Å²) in [4.78, 5) is 11.5. The second kappa shape index (κ2) is 7.94. The highest BCUT2D eigenvalue weighted by Gasteiger charge is 2.58. The molecule has 166 valence electrons. The van der Waals surface area contributed by atoms with Gasteiger partial charge in [0.15, 0.2) is 0 Å². The Morgan fingerprint density at radius 3 is 2.58 bits per heavy atom. The number of hydrogen-bond donors (Lipinski definition) is 0. The minimum Gasteiger partial charge on any atom is -0.463 e. The van der Waals surface area contributed by atoms with Crippen LogP contribution in [0.3, 0.4) is 0 Å². The molecule has 4 aliphatic carbocycles. The predicted molar refractivity (Wildman–Crippen MR) is 126 cm³/mol. The number of rotatable bonds is 3. The highest BCUT2D eigenvalue weighted by Crippen LogP contribution is 2.66. The molecule has 1 aromatic carbocycles. The third-order valence-electron chi connectivity index (χ3n) is 9.85. The molecule has 3 fully saturated rings. The van der Waals surface area contributed by atoms with Gasteiger partial charge in [-0.3, -0.25) is 4.79 Å². The van der Waals surface area contributed by atoms with E-state index in [1.807, 2.05) is 0 Å². The molecule has 0 spiro atoms. The van der Waals surface area contributed by atoms with E-state index >= 15 is 0 Å². The summed E-state index contributed by atoms with van der Waals surface area (Å²) < 4.78 is 5.63. The molecule has 0 bridgehead atoms. The van der Waals surface area contributed by atoms with Crippen LogP contribution in [0.4, 0.5) is 0 Å². The lowest BCUT2D eigenvalue weighted by molar-refractivity contribution is -0.158. The largest absolute Gasteiger partial charge is 0.463 e. The topological polar surface area (TPSA) is 26.3 Å². The molecule has 0 saturated heterocycles. The van der Waals surface area contributed by atoms with Crippen molar-refractivity contribution >= 4 is 12.0 Å². The Morgan fingerprint density at radius 1 is 1.00 bits per heavy atom. The molecule has 1 aromatic rings. The molecule has 2 heteroatoms. The minimum absolute atomic E-state index is 0.108. The van der Waals surface area contributed by atoms with Crippen molar-refractivity contribution in [1.29, 1.82) is 0 Å². The number of benzene rings is 1. The second-order valence-corrected chi connectivity index (χ2v) is 11.3. The highest BCUT2D eigenvalue weighted by molar-refractivity contribution is 5.66. The fourth-order valence-corrected chi connectivity index (χ4v) is 8.17. The van der Waals surface area contributed by atoms with E-state index < -0.39 is 0 Å². The van der Waals surface area contributed by atoms with Gasteiger partial charge in [-0.1, -0.05) is 62.4 Å². The van der Waals surface area contributed by atoms with Crippen LogP contribution in [-0.2, 0) is 9.53 Å². The van der Waals surface area contributed by atoms with Crippen LogP contribution in [0.5, 0.6) is 0 Å². The molecule has 0 N–H and O–H groups in total. The summed E-state index contributed by atoms with van der Waals surface area (Å²) in [6.07, 6.45) is 17.4. The van der Waals surface area contributed by atoms with Crippen molar-refractivity contribution in [2.24, 2.45) is 34.5 Å². The maximum atomic E-state index is 11.5. The predicted octanol–water partition coefficient (Wildman–Crippen LogP) is 7.21. The summed E-state index contributed by atoms with van der Waals surface area (Å²) in [5.74, 6) is 3.11. The normalized spacial score (nSPS) is 41.8. The first-order valence-electron chi connectivity index (χ1n) is 12.5. The van der Waals surface area contributed by atoms with E-state index in [1.54, 1.807) is 12.5 Å². The Kier molecular flexibility index (Phi) is 5.39. The number of carbonyl (C=O) groups excluding carboxylic acids is 1. The standard InChI is InChI=1S/C29H38O2/c1-20(30)31-24-15-17-29(3)23(19-24)11-13-25-26-14-12-22(28(26,2)18-16-27(25)29)10-9-21-7-5-4-6-8-21/h4-10,12,23-27H,11,13-19H2,1-3H3/b10-9-/t23-,24-,25+,26+,27+,28-,29+/m1/s1. The third kappa shape index (κ3) is 3.60. The van der Waals surface area contributed by atoms with Crippen molar-refractivity contribution in [3.05, 3.63) is 53.6 Å². The molecule has 3 saturated carbocycles. The number of fused-ring (bicyclic) bond motifs is 5. The van der Waals surface area contributed by atoms with Crippen LogP contribution in [0.2, 0.25) is 0 Å². The van der Waals surface area contributed by atoms with Crippen molar-refractivity contribution in [2.45, 2.75) is 78.2 Å². The molecule has 0 unspecified atom stereocenters. The van der Waals surface area contributed by atoms with Gasteiger partial charge in [-0.15, -0.1) is 0 Å². The molecule has 0 aliphatic heterocycles. The number of allylic oxidation sites excluding steroid dienone is 3. The van der Waals surface area contributed by atoms with Gasteiger partial charge in [0, 0.05) is 6.92 Å². The second-order valence-electron chi connectivity index (χ2n) is 11.3. The maximum Gasteiger partial charge on any atom is 0.302 e. The van der Waals surface area contributed by atoms with Crippen LogP contribution in [0, 0.1) is 34.5 Å². The third-order valence-corrected chi connectivity index (χ3v) is 9.85. The quantitative estimate of drug-likeness (QED) is 0.485. The first kappa shape index (κ1) is 21.0. The number of hydrogen-bond acceptors (Lipinski definition) is 2. The van der Waals surface area contributed by atoms with Gasteiger partial charge >= 0.3 is 5.97 Å². The van der Waals surface area contributed by atoms with Crippen molar-refractivity contribution in [2.75, 3.05) is 0 Å². The summed E-state index contributed by atoms with van der Waals surface area (Å²) in [7, 11) is 0. The Bertz CT molecular complexity index is 883. The molecule has 0 amide bonds. The summed E-state index contributed by atoms with van der Waals surface area (Å²) in [6.45, 7) is 6.69. The first-order chi connectivity index (χ1) is 14.9. The van der Waals surface area contributed by atoms with Gasteiger partial charge in [-0.25, -0.2) is 0 Å². The Morgan fingerprint density at radius 2 is 1.81 bits per heavy atom. The molecule has 7 atom stereocenters. The molecular formula is C29H38O2. The van der Waals surface area contributed by atoms with E-state index in [-0.39, 0.29) is 12.1 Å². The lowest BCUT2D eigenvalue weighted by Crippen LogP contribution is -2.53. The van der Waals surface area contributed by atoms with Crippen molar-refractivity contribution in [1.82, 2.24) is 0 Å². The van der Waals surface area contributed by atoms with Gasteiger partial charge < -0.3 is 4.74 Å². The van der Waals surface area contributed by atoms with Gasteiger partial charge in [-0.2, -0.15) is 0 Å². The molecule has 4 aliphatic rings. The number of carbonyl (C=O) groups is 1. The van der Waals surface area contributed by atoms with E-state index in [2.05, 4.69) is 62.4 Å². The van der Waals surface area contributed by atoms with Crippen LogP contribution < -0.4 is 0 Å². The highest BCUT2D eigenvalue weighted by atomic mass is 16.5. The van der Waals surface area contributed by atoms with Crippen molar-refractivity contribution in [3.63, 3.8) is 0 Å². The van der Waals surface area contributed by atoms with E-state index in [1.165, 1.54) is 44.1 Å². The van der Waals surface area contributed by atoms with E-state index in [4.69, 9.17) is 4.74 Å². The van der Waals surface area contributed by atoms with Gasteiger partial charge in [0.1, 0.15) is 6.10 Å². The lowest BCUT2D eigenvalue weighted by Gasteiger charge is -2.60. The minimum atomic E-state index is -0.108. The van der Waals surface area contributed by atoms with E-state index in [0.29, 0.717) is 10.8 Å². The average Bonchev–Trinajstić information content (AvgIpc) is 3.09. The van der Waals surface area contributed by atoms with Gasteiger partial charge in [0.05, 0.1) is 0 Å². The van der Waals surface area contributed by atoms with Crippen LogP contribution >= 0.6 is 0 Å². The molecule has 0 heterocycles. The Balaban J connectivity index is 1.32. The van der Waals surface area contributed by atoms with Crippen LogP contribution in [0.15, 0.2) is 48.1 Å². The molecule has 0 radical (unpaired) electrons. The Hall–Kier alpha value is -1.83. The SMILES string of the molecule is CC(=O)O[C@@H]1CC[C@@]2(C)[C@H](CC[C@@H]3[C@@H]2CC[C@]2(C)C(/C=C\c4ccccc4)=CC[C@@H]32)C1. The van der Waals surface area contributed by atoms with Gasteiger partial charge in [0.2, 0.25) is 0 Å². The fraction of sp³-hybridized carbons (Fsp3) is 0.621. The first-order valence-corrected chi connectivity index (χ1v) is 12.5. The summed E-state index contributed by atoms with van der Waals surface area (Å²) in [5.41, 5.74) is 3.64. The summed E-state index contributed by atoms with van der Waals surface area (Å²) in [5, 5.41) is 0. The summed E-state index contributed by atoms with van der Waals surface area (Å²) >= 11 is 0. The number of ether oxygens (including phenoxy) is 1. The summed E-state index contributed by atoms with van der Waals surface area (Å²) in [6, 6.07) is 10.7.